The number of esters is 1. The summed E-state index contributed by atoms with van der Waals surface area (Å²) in [6, 6.07) is 0.530. The Bertz CT molecular complexity index is 665. The molecule has 29 heavy (non-hydrogen) atoms. The Hall–Kier alpha value is -2.05. The van der Waals surface area contributed by atoms with Crippen LogP contribution < -0.4 is 5.32 Å². The number of carbonyl (C=O) groups is 2. The summed E-state index contributed by atoms with van der Waals surface area (Å²) in [6.07, 6.45) is 7.84. The lowest BCUT2D eigenvalue weighted by Gasteiger charge is -2.19. The van der Waals surface area contributed by atoms with Gasteiger partial charge in [0, 0.05) is 0 Å². The third-order valence-electron chi connectivity index (χ3n) is 4.57. The van der Waals surface area contributed by atoms with Gasteiger partial charge in [-0.25, -0.2) is 18.0 Å². The minimum Gasteiger partial charge on any atom is -0.464 e. The molecule has 0 aliphatic rings. The van der Waals surface area contributed by atoms with Gasteiger partial charge in [-0.15, -0.1) is 0 Å². The molecule has 0 spiro atoms. The molecule has 1 unspecified atom stereocenters. The molecule has 0 aliphatic heterocycles. The van der Waals surface area contributed by atoms with E-state index in [2.05, 4.69) is 12.2 Å². The van der Waals surface area contributed by atoms with Gasteiger partial charge in [0.2, 0.25) is 0 Å². The Morgan fingerprint density at radius 1 is 0.966 bits per heavy atom. The number of carbonyl (C=O) groups excluding carboxylic acids is 2. The maximum atomic E-state index is 13.8. The summed E-state index contributed by atoms with van der Waals surface area (Å²) >= 11 is 0. The highest BCUT2D eigenvalue weighted by molar-refractivity contribution is 5.97. The highest BCUT2D eigenvalue weighted by atomic mass is 19.2. The van der Waals surface area contributed by atoms with Crippen LogP contribution in [0.3, 0.4) is 0 Å². The molecule has 1 N–H and O–H groups in total. The number of unbranched alkanes of at least 4 members (excludes halogenated alkanes) is 6. The number of halogens is 3. The first-order valence-corrected chi connectivity index (χ1v) is 10.4. The molecule has 1 aromatic carbocycles. The van der Waals surface area contributed by atoms with Crippen LogP contribution in [0.5, 0.6) is 0 Å². The van der Waals surface area contributed by atoms with Crippen molar-refractivity contribution in [2.24, 2.45) is 5.92 Å². The monoisotopic (exact) mass is 415 g/mol. The Labute approximate surface area is 171 Å². The molecular weight excluding hydrogens is 383 g/mol. The minimum atomic E-state index is -1.72. The van der Waals surface area contributed by atoms with E-state index < -0.39 is 40.9 Å². The zero-order chi connectivity index (χ0) is 21.8. The number of rotatable bonds is 13. The van der Waals surface area contributed by atoms with Crippen LogP contribution in [0.1, 0.15) is 82.5 Å². The molecule has 0 aliphatic carbocycles. The third-order valence-corrected chi connectivity index (χ3v) is 4.57. The standard InChI is InChI=1S/C22H32F3NO3/c1-4-5-6-7-8-9-10-13-29-22(28)18(14-15(2)3)26-21(27)16-11-12-17(23)20(25)19(16)24/h11-12,15,18H,4-10,13-14H2,1-3H3,(H,26,27). The van der Waals surface area contributed by atoms with Crippen LogP contribution in [0, 0.1) is 23.4 Å². The second kappa shape index (κ2) is 13.2. The predicted molar refractivity (Wildman–Crippen MR) is 106 cm³/mol. The minimum absolute atomic E-state index is 0.0567. The number of ether oxygens (including phenoxy) is 1. The van der Waals surface area contributed by atoms with Crippen LogP contribution in [-0.4, -0.2) is 24.5 Å². The van der Waals surface area contributed by atoms with Gasteiger partial charge in [-0.1, -0.05) is 59.3 Å². The maximum Gasteiger partial charge on any atom is 0.328 e. The first-order valence-electron chi connectivity index (χ1n) is 10.4. The fraction of sp³-hybridized carbons (Fsp3) is 0.636. The molecule has 1 atom stereocenters. The van der Waals surface area contributed by atoms with Crippen molar-refractivity contribution in [3.05, 3.63) is 35.1 Å². The number of hydrogen-bond acceptors (Lipinski definition) is 3. The number of benzene rings is 1. The summed E-state index contributed by atoms with van der Waals surface area (Å²) in [5.41, 5.74) is -0.655. The second-order valence-electron chi connectivity index (χ2n) is 7.67. The van der Waals surface area contributed by atoms with Gasteiger partial charge in [0.05, 0.1) is 12.2 Å². The Kier molecular flexibility index (Phi) is 11.4. The highest BCUT2D eigenvalue weighted by Gasteiger charge is 2.26. The van der Waals surface area contributed by atoms with Gasteiger partial charge in [0.1, 0.15) is 6.04 Å². The van der Waals surface area contributed by atoms with Crippen molar-refractivity contribution in [1.82, 2.24) is 5.32 Å². The van der Waals surface area contributed by atoms with Gasteiger partial charge in [0.25, 0.3) is 5.91 Å². The van der Waals surface area contributed by atoms with Crippen molar-refractivity contribution < 1.29 is 27.5 Å². The van der Waals surface area contributed by atoms with Gasteiger partial charge in [0.15, 0.2) is 17.5 Å². The molecule has 164 valence electrons. The average Bonchev–Trinajstić information content (AvgIpc) is 2.67. The first-order chi connectivity index (χ1) is 13.8. The van der Waals surface area contributed by atoms with E-state index in [-0.39, 0.29) is 18.9 Å². The van der Waals surface area contributed by atoms with Gasteiger partial charge >= 0.3 is 5.97 Å². The molecule has 1 aromatic rings. The summed E-state index contributed by atoms with van der Waals surface area (Å²) in [5, 5.41) is 2.38. The highest BCUT2D eigenvalue weighted by Crippen LogP contribution is 2.16. The largest absolute Gasteiger partial charge is 0.464 e. The summed E-state index contributed by atoms with van der Waals surface area (Å²) < 4.78 is 45.5. The average molecular weight is 415 g/mol. The van der Waals surface area contributed by atoms with Gasteiger partial charge < -0.3 is 10.1 Å². The number of nitrogens with one attached hydrogen (secondary N) is 1. The molecule has 7 heteroatoms. The number of amides is 1. The molecule has 0 aromatic heterocycles. The first kappa shape index (κ1) is 25.0. The fourth-order valence-corrected chi connectivity index (χ4v) is 2.96. The lowest BCUT2D eigenvalue weighted by molar-refractivity contribution is -0.146. The van der Waals surface area contributed by atoms with Crippen molar-refractivity contribution in [3.63, 3.8) is 0 Å². The second-order valence-corrected chi connectivity index (χ2v) is 7.67. The molecule has 0 heterocycles. The van der Waals surface area contributed by atoms with Crippen molar-refractivity contribution in [2.45, 2.75) is 78.2 Å². The van der Waals surface area contributed by atoms with Crippen LogP contribution in [0.4, 0.5) is 13.2 Å². The smallest absolute Gasteiger partial charge is 0.328 e. The normalized spacial score (nSPS) is 12.1. The lowest BCUT2D eigenvalue weighted by Crippen LogP contribution is -2.43. The van der Waals surface area contributed by atoms with Crippen LogP contribution >= 0.6 is 0 Å². The molecular formula is C22H32F3NO3. The summed E-state index contributed by atoms with van der Waals surface area (Å²) in [6.45, 7) is 6.13. The van der Waals surface area contributed by atoms with Crippen molar-refractivity contribution in [1.29, 1.82) is 0 Å². The molecule has 0 saturated heterocycles. The van der Waals surface area contributed by atoms with Crippen molar-refractivity contribution in [3.8, 4) is 0 Å². The molecule has 0 radical (unpaired) electrons. The van der Waals surface area contributed by atoms with E-state index in [4.69, 9.17) is 4.74 Å². The van der Waals surface area contributed by atoms with Crippen LogP contribution in [0.2, 0.25) is 0 Å². The van der Waals surface area contributed by atoms with Crippen LogP contribution in [-0.2, 0) is 9.53 Å². The van der Waals surface area contributed by atoms with Crippen molar-refractivity contribution in [2.75, 3.05) is 6.61 Å². The van der Waals surface area contributed by atoms with E-state index in [1.165, 1.54) is 19.3 Å². The Morgan fingerprint density at radius 2 is 1.59 bits per heavy atom. The fourth-order valence-electron chi connectivity index (χ4n) is 2.96. The zero-order valence-corrected chi connectivity index (χ0v) is 17.5. The van der Waals surface area contributed by atoms with E-state index in [1.54, 1.807) is 0 Å². The molecule has 0 fully saturated rings. The summed E-state index contributed by atoms with van der Waals surface area (Å²) in [7, 11) is 0. The topological polar surface area (TPSA) is 55.4 Å². The summed E-state index contributed by atoms with van der Waals surface area (Å²) in [5.74, 6) is -6.23. The quantitative estimate of drug-likeness (QED) is 0.261. The van der Waals surface area contributed by atoms with Crippen LogP contribution in [0.25, 0.3) is 0 Å². The van der Waals surface area contributed by atoms with E-state index in [1.807, 2.05) is 13.8 Å². The van der Waals surface area contributed by atoms with Gasteiger partial charge in [-0.2, -0.15) is 0 Å². The molecule has 0 bridgehead atoms. The van der Waals surface area contributed by atoms with Gasteiger partial charge in [-0.05, 0) is 30.9 Å². The maximum absolute atomic E-state index is 13.8. The lowest BCUT2D eigenvalue weighted by atomic mass is 10.0. The molecule has 0 saturated carbocycles. The zero-order valence-electron chi connectivity index (χ0n) is 17.5. The van der Waals surface area contributed by atoms with Gasteiger partial charge in [-0.3, -0.25) is 4.79 Å². The molecule has 1 amide bonds. The van der Waals surface area contributed by atoms with E-state index in [0.29, 0.717) is 6.07 Å². The summed E-state index contributed by atoms with van der Waals surface area (Å²) in [4.78, 5) is 24.6. The van der Waals surface area contributed by atoms with E-state index >= 15 is 0 Å². The molecule has 1 rings (SSSR count). The van der Waals surface area contributed by atoms with Crippen molar-refractivity contribution >= 4 is 11.9 Å². The van der Waals surface area contributed by atoms with Crippen LogP contribution in [0.15, 0.2) is 12.1 Å². The SMILES string of the molecule is CCCCCCCCCOC(=O)C(CC(C)C)NC(=O)c1ccc(F)c(F)c1F. The number of hydrogen-bond donors (Lipinski definition) is 1. The predicted octanol–water partition coefficient (Wildman–Crippen LogP) is 5.54. The Balaban J connectivity index is 2.57. The Morgan fingerprint density at radius 3 is 2.21 bits per heavy atom. The molecule has 4 nitrogen and oxygen atoms in total. The third kappa shape index (κ3) is 8.88. The van der Waals surface area contributed by atoms with E-state index in [9.17, 15) is 22.8 Å². The van der Waals surface area contributed by atoms with E-state index in [0.717, 1.165) is 31.7 Å².